The standard InChI is InChI=1S/C18H17F3N2O/c19-18(20,21)16-9-8-14(10-22-16)15(12-6-7-12)11-23-17(24)13-4-2-1-3-5-13/h1-5,8-10,12,15H,6-7,11H2,(H,23,24). The topological polar surface area (TPSA) is 42.0 Å². The Morgan fingerprint density at radius 3 is 2.42 bits per heavy atom. The lowest BCUT2D eigenvalue weighted by atomic mass is 9.95. The van der Waals surface area contributed by atoms with Crippen LogP contribution in [0.3, 0.4) is 0 Å². The van der Waals surface area contributed by atoms with Gasteiger partial charge in [0.05, 0.1) is 0 Å². The van der Waals surface area contributed by atoms with Crippen LogP contribution in [-0.4, -0.2) is 17.4 Å². The highest BCUT2D eigenvalue weighted by atomic mass is 19.4. The lowest BCUT2D eigenvalue weighted by Crippen LogP contribution is -2.29. The van der Waals surface area contributed by atoms with Crippen molar-refractivity contribution in [1.82, 2.24) is 10.3 Å². The zero-order valence-electron chi connectivity index (χ0n) is 12.9. The molecule has 1 saturated carbocycles. The molecule has 1 N–H and O–H groups in total. The highest BCUT2D eigenvalue weighted by Crippen LogP contribution is 2.42. The van der Waals surface area contributed by atoms with E-state index in [-0.39, 0.29) is 11.8 Å². The zero-order chi connectivity index (χ0) is 17.2. The number of hydrogen-bond acceptors (Lipinski definition) is 2. The van der Waals surface area contributed by atoms with Gasteiger partial charge >= 0.3 is 6.18 Å². The number of carbonyl (C=O) groups excluding carboxylic acids is 1. The van der Waals surface area contributed by atoms with Crippen LogP contribution in [0.15, 0.2) is 48.7 Å². The molecule has 126 valence electrons. The van der Waals surface area contributed by atoms with Crippen molar-refractivity contribution in [3.8, 4) is 0 Å². The van der Waals surface area contributed by atoms with Crippen molar-refractivity contribution in [2.75, 3.05) is 6.54 Å². The maximum Gasteiger partial charge on any atom is 0.433 e. The Balaban J connectivity index is 1.68. The number of alkyl halides is 3. The van der Waals surface area contributed by atoms with Crippen LogP contribution in [0.5, 0.6) is 0 Å². The van der Waals surface area contributed by atoms with Crippen molar-refractivity contribution in [3.63, 3.8) is 0 Å². The number of aromatic nitrogens is 1. The van der Waals surface area contributed by atoms with E-state index in [9.17, 15) is 18.0 Å². The van der Waals surface area contributed by atoms with Gasteiger partial charge in [-0.05, 0) is 42.5 Å². The molecule has 6 heteroatoms. The first-order chi connectivity index (χ1) is 11.4. The van der Waals surface area contributed by atoms with E-state index in [1.807, 2.05) is 6.07 Å². The fourth-order valence-electron chi connectivity index (χ4n) is 2.74. The Morgan fingerprint density at radius 1 is 1.17 bits per heavy atom. The fourth-order valence-corrected chi connectivity index (χ4v) is 2.74. The van der Waals surface area contributed by atoms with E-state index in [4.69, 9.17) is 0 Å². The highest BCUT2D eigenvalue weighted by Gasteiger charge is 2.35. The van der Waals surface area contributed by atoms with Gasteiger partial charge in [0.1, 0.15) is 5.69 Å². The zero-order valence-corrected chi connectivity index (χ0v) is 12.9. The Hall–Kier alpha value is -2.37. The minimum Gasteiger partial charge on any atom is -0.351 e. The molecule has 0 bridgehead atoms. The summed E-state index contributed by atoms with van der Waals surface area (Å²) in [5.41, 5.74) is 0.408. The third kappa shape index (κ3) is 3.93. The molecule has 3 rings (SSSR count). The summed E-state index contributed by atoms with van der Waals surface area (Å²) in [6, 6.07) is 11.3. The number of nitrogens with zero attached hydrogens (tertiary/aromatic N) is 1. The molecular weight excluding hydrogens is 317 g/mol. The van der Waals surface area contributed by atoms with Gasteiger partial charge in [-0.25, -0.2) is 0 Å². The number of pyridine rings is 1. The van der Waals surface area contributed by atoms with Crippen LogP contribution in [-0.2, 0) is 6.18 Å². The van der Waals surface area contributed by atoms with Gasteiger partial charge in [-0.2, -0.15) is 13.2 Å². The van der Waals surface area contributed by atoms with Gasteiger partial charge in [0, 0.05) is 24.2 Å². The van der Waals surface area contributed by atoms with E-state index >= 15 is 0 Å². The number of nitrogens with one attached hydrogen (secondary N) is 1. The minimum absolute atomic E-state index is 0.00699. The Bertz CT molecular complexity index is 694. The van der Waals surface area contributed by atoms with Crippen molar-refractivity contribution in [2.45, 2.75) is 24.9 Å². The van der Waals surface area contributed by atoms with E-state index in [0.717, 1.165) is 24.5 Å². The molecular formula is C18H17F3N2O. The highest BCUT2D eigenvalue weighted by molar-refractivity contribution is 5.94. The fraction of sp³-hybridized carbons (Fsp3) is 0.333. The van der Waals surface area contributed by atoms with Crippen LogP contribution in [0.25, 0.3) is 0 Å². The van der Waals surface area contributed by atoms with Crippen molar-refractivity contribution >= 4 is 5.91 Å². The molecule has 0 spiro atoms. The quantitative estimate of drug-likeness (QED) is 0.897. The van der Waals surface area contributed by atoms with Gasteiger partial charge in [0.25, 0.3) is 5.91 Å². The van der Waals surface area contributed by atoms with Gasteiger partial charge in [-0.3, -0.25) is 9.78 Å². The van der Waals surface area contributed by atoms with E-state index in [1.165, 1.54) is 12.3 Å². The molecule has 1 heterocycles. The summed E-state index contributed by atoms with van der Waals surface area (Å²) in [5, 5.41) is 2.87. The first kappa shape index (κ1) is 16.5. The maximum atomic E-state index is 12.6. The van der Waals surface area contributed by atoms with Crippen LogP contribution < -0.4 is 5.32 Å². The van der Waals surface area contributed by atoms with Gasteiger partial charge < -0.3 is 5.32 Å². The van der Waals surface area contributed by atoms with Crippen molar-refractivity contribution in [2.24, 2.45) is 5.92 Å². The second-order valence-corrected chi connectivity index (χ2v) is 5.99. The molecule has 24 heavy (non-hydrogen) atoms. The molecule has 1 aliphatic rings. The lowest BCUT2D eigenvalue weighted by molar-refractivity contribution is -0.141. The summed E-state index contributed by atoms with van der Waals surface area (Å²) >= 11 is 0. The first-order valence-electron chi connectivity index (χ1n) is 7.81. The number of hydrogen-bond donors (Lipinski definition) is 1. The molecule has 0 aliphatic heterocycles. The molecule has 1 amide bonds. The van der Waals surface area contributed by atoms with Crippen LogP contribution in [0.2, 0.25) is 0 Å². The summed E-state index contributed by atoms with van der Waals surface area (Å²) in [7, 11) is 0. The van der Waals surface area contributed by atoms with Gasteiger partial charge in [-0.15, -0.1) is 0 Å². The van der Waals surface area contributed by atoms with Crippen LogP contribution >= 0.6 is 0 Å². The largest absolute Gasteiger partial charge is 0.433 e. The average molecular weight is 334 g/mol. The summed E-state index contributed by atoms with van der Waals surface area (Å²) < 4.78 is 37.8. The number of benzene rings is 1. The van der Waals surface area contributed by atoms with E-state index < -0.39 is 11.9 Å². The summed E-state index contributed by atoms with van der Waals surface area (Å²) in [6.45, 7) is 0.394. The minimum atomic E-state index is -4.44. The third-order valence-corrected chi connectivity index (χ3v) is 4.21. The first-order valence-corrected chi connectivity index (χ1v) is 7.81. The monoisotopic (exact) mass is 334 g/mol. The van der Waals surface area contributed by atoms with Gasteiger partial charge in [0.2, 0.25) is 0 Å². The Morgan fingerprint density at radius 2 is 1.88 bits per heavy atom. The summed E-state index contributed by atoms with van der Waals surface area (Å²) in [6.07, 6.45) is -1.12. The van der Waals surface area contributed by atoms with E-state index in [2.05, 4.69) is 10.3 Å². The molecule has 1 atom stereocenters. The second-order valence-electron chi connectivity index (χ2n) is 5.99. The molecule has 0 radical (unpaired) electrons. The summed E-state index contributed by atoms with van der Waals surface area (Å²) in [4.78, 5) is 15.7. The van der Waals surface area contributed by atoms with Crippen LogP contribution in [0.1, 0.15) is 40.4 Å². The van der Waals surface area contributed by atoms with Gasteiger partial charge in [0.15, 0.2) is 0 Å². The smallest absolute Gasteiger partial charge is 0.351 e. The molecule has 1 aliphatic carbocycles. The molecule has 1 aromatic carbocycles. The van der Waals surface area contributed by atoms with Crippen LogP contribution in [0.4, 0.5) is 13.2 Å². The van der Waals surface area contributed by atoms with Crippen molar-refractivity contribution in [3.05, 3.63) is 65.5 Å². The van der Waals surface area contributed by atoms with Crippen molar-refractivity contribution in [1.29, 1.82) is 0 Å². The Labute approximate surface area is 137 Å². The predicted molar refractivity (Wildman–Crippen MR) is 83.5 cm³/mol. The lowest BCUT2D eigenvalue weighted by Gasteiger charge is -2.18. The molecule has 1 fully saturated rings. The Kier molecular flexibility index (Phi) is 4.55. The molecule has 2 aromatic rings. The molecule has 3 nitrogen and oxygen atoms in total. The maximum absolute atomic E-state index is 12.6. The van der Waals surface area contributed by atoms with Gasteiger partial charge in [-0.1, -0.05) is 24.3 Å². The number of halogens is 3. The van der Waals surface area contributed by atoms with Crippen LogP contribution in [0, 0.1) is 5.92 Å². The predicted octanol–water partition coefficient (Wildman–Crippen LogP) is 4.02. The number of rotatable bonds is 5. The SMILES string of the molecule is O=C(NCC(c1ccc(C(F)(F)F)nc1)C1CC1)c1ccccc1. The number of carbonyl (C=O) groups is 1. The summed E-state index contributed by atoms with van der Waals surface area (Å²) in [5.74, 6) is 0.202. The number of amides is 1. The van der Waals surface area contributed by atoms with E-state index in [0.29, 0.717) is 18.0 Å². The van der Waals surface area contributed by atoms with E-state index in [1.54, 1.807) is 24.3 Å². The van der Waals surface area contributed by atoms with Crippen molar-refractivity contribution < 1.29 is 18.0 Å². The molecule has 0 saturated heterocycles. The normalized spacial score (nSPS) is 15.8. The molecule has 1 unspecified atom stereocenters. The molecule has 1 aromatic heterocycles. The average Bonchev–Trinajstić information content (AvgIpc) is 3.40. The third-order valence-electron chi connectivity index (χ3n) is 4.21. The second kappa shape index (κ2) is 6.63.